The molecule has 0 fully saturated rings. The molecular weight excluding hydrogens is 344 g/mol. The number of fused-ring (bicyclic) bond motifs is 1. The zero-order valence-electron chi connectivity index (χ0n) is 15.5. The third-order valence-electron chi connectivity index (χ3n) is 4.32. The van der Waals surface area contributed by atoms with E-state index in [1.807, 2.05) is 18.4 Å². The summed E-state index contributed by atoms with van der Waals surface area (Å²) < 4.78 is 4.78. The first-order valence-electron chi connectivity index (χ1n) is 8.64. The number of nitrogens with zero attached hydrogens (tertiary/aromatic N) is 4. The van der Waals surface area contributed by atoms with Crippen molar-refractivity contribution in [3.8, 4) is 12.3 Å². The van der Waals surface area contributed by atoms with E-state index >= 15 is 0 Å². The van der Waals surface area contributed by atoms with Crippen LogP contribution in [0.5, 0.6) is 0 Å². The maximum Gasteiger partial charge on any atom is 0.300 e. The Bertz CT molecular complexity index is 1080. The van der Waals surface area contributed by atoms with Crippen LogP contribution in [0, 0.1) is 19.3 Å². The highest BCUT2D eigenvalue weighted by Crippen LogP contribution is 2.23. The summed E-state index contributed by atoms with van der Waals surface area (Å²) in [6.07, 6.45) is 5.53. The largest absolute Gasteiger partial charge is 0.305 e. The normalized spacial score (nSPS) is 12.1. The predicted octanol–water partition coefficient (Wildman–Crippen LogP) is 3.73. The lowest BCUT2D eigenvalue weighted by Gasteiger charge is -2.05. The van der Waals surface area contributed by atoms with Gasteiger partial charge in [-0.1, -0.05) is 37.2 Å². The summed E-state index contributed by atoms with van der Waals surface area (Å²) in [6, 6.07) is 8.07. The third kappa shape index (κ3) is 3.35. The van der Waals surface area contributed by atoms with E-state index < -0.39 is 0 Å². The fourth-order valence-electron chi connectivity index (χ4n) is 2.86. The molecule has 3 rings (SSSR count). The number of terminal acetylenes is 1. The second-order valence-corrected chi connectivity index (χ2v) is 7.47. The molecule has 0 aliphatic rings. The molecule has 0 saturated carbocycles. The molecule has 2 heterocycles. The lowest BCUT2D eigenvalue weighted by atomic mass is 10.0. The van der Waals surface area contributed by atoms with Crippen molar-refractivity contribution >= 4 is 27.5 Å². The Hall–Kier alpha value is -2.65. The Morgan fingerprint density at radius 1 is 1.38 bits per heavy atom. The van der Waals surface area contributed by atoms with Gasteiger partial charge in [-0.2, -0.15) is 10.1 Å². The topological polar surface area (TPSA) is 52.2 Å². The molecular formula is C20H22N4OS. The number of carbonyl (C=O) groups excluding carboxylic acids is 1. The molecule has 3 aromatic rings. The second kappa shape index (κ2) is 7.30. The van der Waals surface area contributed by atoms with Gasteiger partial charge in [0.25, 0.3) is 5.91 Å². The summed E-state index contributed by atoms with van der Waals surface area (Å²) in [5.41, 5.74) is 3.55. The van der Waals surface area contributed by atoms with E-state index in [1.54, 1.807) is 10.7 Å². The molecule has 2 aromatic heterocycles. The van der Waals surface area contributed by atoms with Gasteiger partial charge in [0.05, 0.1) is 16.8 Å². The average molecular weight is 366 g/mol. The van der Waals surface area contributed by atoms with Crippen LogP contribution in [0.25, 0.3) is 10.2 Å². The number of benzene rings is 1. The molecule has 134 valence electrons. The zero-order valence-corrected chi connectivity index (χ0v) is 16.3. The lowest BCUT2D eigenvalue weighted by molar-refractivity contribution is 0.0992. The number of hydrogen-bond acceptors (Lipinski definition) is 3. The number of aromatic nitrogens is 3. The van der Waals surface area contributed by atoms with Gasteiger partial charge in [-0.3, -0.25) is 9.48 Å². The summed E-state index contributed by atoms with van der Waals surface area (Å²) in [5.74, 6) is 2.74. The summed E-state index contributed by atoms with van der Waals surface area (Å²) in [6.45, 7) is 9.33. The van der Waals surface area contributed by atoms with Gasteiger partial charge < -0.3 is 4.57 Å². The van der Waals surface area contributed by atoms with Crippen LogP contribution in [0.3, 0.4) is 0 Å². The Morgan fingerprint density at radius 2 is 2.15 bits per heavy atom. The number of carbonyl (C=O) groups is 1. The van der Waals surface area contributed by atoms with Crippen molar-refractivity contribution in [3.05, 3.63) is 46.0 Å². The quantitative estimate of drug-likeness (QED) is 0.661. The number of amides is 1. The lowest BCUT2D eigenvalue weighted by Crippen LogP contribution is -2.16. The molecule has 1 aromatic carbocycles. The van der Waals surface area contributed by atoms with Crippen LogP contribution in [0.1, 0.15) is 48.4 Å². The van der Waals surface area contributed by atoms with E-state index in [0.717, 1.165) is 22.5 Å². The first-order chi connectivity index (χ1) is 12.4. The molecule has 1 amide bonds. The van der Waals surface area contributed by atoms with Gasteiger partial charge in [-0.25, -0.2) is 0 Å². The molecule has 0 unspecified atom stereocenters. The fourth-order valence-corrected chi connectivity index (χ4v) is 3.93. The number of hydrogen-bond donors (Lipinski definition) is 0. The predicted molar refractivity (Wildman–Crippen MR) is 105 cm³/mol. The minimum absolute atomic E-state index is 0.346. The van der Waals surface area contributed by atoms with Crippen molar-refractivity contribution in [1.29, 1.82) is 0 Å². The van der Waals surface area contributed by atoms with Crippen LogP contribution in [-0.2, 0) is 13.1 Å². The highest BCUT2D eigenvalue weighted by molar-refractivity contribution is 7.16. The summed E-state index contributed by atoms with van der Waals surface area (Å²) in [4.78, 5) is 17.5. The SMILES string of the molecule is C#CCn1c(=NC(=O)c2cc(C)n(CC)n2)sc2cc(C(C)C)ccc21. The Morgan fingerprint density at radius 3 is 2.77 bits per heavy atom. The van der Waals surface area contributed by atoms with Gasteiger partial charge in [0.1, 0.15) is 0 Å². The van der Waals surface area contributed by atoms with Crippen molar-refractivity contribution in [2.75, 3.05) is 0 Å². The van der Waals surface area contributed by atoms with E-state index in [2.05, 4.69) is 48.1 Å². The van der Waals surface area contributed by atoms with Crippen LogP contribution in [0.2, 0.25) is 0 Å². The van der Waals surface area contributed by atoms with E-state index in [1.165, 1.54) is 16.9 Å². The molecule has 0 N–H and O–H groups in total. The minimum Gasteiger partial charge on any atom is -0.305 e. The molecule has 5 nitrogen and oxygen atoms in total. The van der Waals surface area contributed by atoms with E-state index in [-0.39, 0.29) is 5.91 Å². The van der Waals surface area contributed by atoms with Crippen LogP contribution in [0.4, 0.5) is 0 Å². The Balaban J connectivity index is 2.12. The smallest absolute Gasteiger partial charge is 0.300 e. The molecule has 0 aliphatic heterocycles. The fraction of sp³-hybridized carbons (Fsp3) is 0.350. The average Bonchev–Trinajstić information content (AvgIpc) is 3.15. The van der Waals surface area contributed by atoms with E-state index in [0.29, 0.717) is 23.0 Å². The van der Waals surface area contributed by atoms with Crippen molar-refractivity contribution in [2.24, 2.45) is 4.99 Å². The zero-order chi connectivity index (χ0) is 18.8. The van der Waals surface area contributed by atoms with Gasteiger partial charge >= 0.3 is 0 Å². The van der Waals surface area contributed by atoms with Gasteiger partial charge in [-0.05, 0) is 43.5 Å². The maximum absolute atomic E-state index is 12.6. The van der Waals surface area contributed by atoms with Gasteiger partial charge in [-0.15, -0.1) is 6.42 Å². The maximum atomic E-state index is 12.6. The van der Waals surface area contributed by atoms with E-state index in [9.17, 15) is 4.79 Å². The Labute approximate surface area is 157 Å². The first-order valence-corrected chi connectivity index (χ1v) is 9.46. The summed E-state index contributed by atoms with van der Waals surface area (Å²) in [7, 11) is 0. The van der Waals surface area contributed by atoms with Crippen LogP contribution >= 0.6 is 11.3 Å². The first kappa shape index (κ1) is 18.2. The van der Waals surface area contributed by atoms with Gasteiger partial charge in [0.15, 0.2) is 10.5 Å². The van der Waals surface area contributed by atoms with Gasteiger partial charge in [0, 0.05) is 12.2 Å². The molecule has 0 radical (unpaired) electrons. The molecule has 0 spiro atoms. The highest BCUT2D eigenvalue weighted by atomic mass is 32.1. The summed E-state index contributed by atoms with van der Waals surface area (Å²) >= 11 is 1.48. The monoisotopic (exact) mass is 366 g/mol. The van der Waals surface area contributed by atoms with Crippen LogP contribution < -0.4 is 4.80 Å². The molecule has 0 atom stereocenters. The molecule has 0 aliphatic carbocycles. The number of thiazole rings is 1. The highest BCUT2D eigenvalue weighted by Gasteiger charge is 2.13. The summed E-state index contributed by atoms with van der Waals surface area (Å²) in [5, 5.41) is 4.32. The molecule has 6 heteroatoms. The Kier molecular flexibility index (Phi) is 5.10. The second-order valence-electron chi connectivity index (χ2n) is 6.46. The molecule has 0 saturated heterocycles. The van der Waals surface area contributed by atoms with Crippen LogP contribution in [-0.4, -0.2) is 20.3 Å². The standard InChI is InChI=1S/C20H22N4OS/c1-6-10-23-17-9-8-15(13(3)4)12-18(17)26-20(23)21-19(25)16-11-14(5)24(7-2)22-16/h1,8-9,11-13H,7,10H2,2-5H3. The van der Waals surface area contributed by atoms with Crippen molar-refractivity contribution < 1.29 is 4.79 Å². The number of rotatable bonds is 4. The molecule has 0 bridgehead atoms. The van der Waals surface area contributed by atoms with Crippen molar-refractivity contribution in [3.63, 3.8) is 0 Å². The number of aryl methyl sites for hydroxylation is 2. The van der Waals surface area contributed by atoms with Crippen LogP contribution in [0.15, 0.2) is 29.3 Å². The van der Waals surface area contributed by atoms with Gasteiger partial charge in [0.2, 0.25) is 0 Å². The van der Waals surface area contributed by atoms with E-state index in [4.69, 9.17) is 6.42 Å². The van der Waals surface area contributed by atoms with Crippen molar-refractivity contribution in [1.82, 2.24) is 14.3 Å². The third-order valence-corrected chi connectivity index (χ3v) is 5.36. The van der Waals surface area contributed by atoms with Crippen molar-refractivity contribution in [2.45, 2.75) is 46.7 Å². The molecule has 26 heavy (non-hydrogen) atoms. The minimum atomic E-state index is -0.346.